The van der Waals surface area contributed by atoms with E-state index in [4.69, 9.17) is 4.74 Å². The van der Waals surface area contributed by atoms with Crippen LogP contribution in [0.2, 0.25) is 0 Å². The van der Waals surface area contributed by atoms with E-state index in [-0.39, 0.29) is 12.6 Å². The van der Waals surface area contributed by atoms with Crippen LogP contribution in [0.25, 0.3) is 0 Å². The maximum Gasteiger partial charge on any atom is 0.122 e. The molecule has 1 aromatic carbocycles. The van der Waals surface area contributed by atoms with Crippen LogP contribution in [0.5, 0.6) is 5.75 Å². The Bertz CT molecular complexity index is 390. The molecule has 0 saturated carbocycles. The van der Waals surface area contributed by atoms with Gasteiger partial charge in [-0.15, -0.1) is 0 Å². The fraction of sp³-hybridized carbons (Fsp3) is 0.538. The van der Waals surface area contributed by atoms with Gasteiger partial charge in [0.1, 0.15) is 5.75 Å². The Hall–Kier alpha value is -1.06. The van der Waals surface area contributed by atoms with E-state index in [9.17, 15) is 5.11 Å². The highest BCUT2D eigenvalue weighted by Gasteiger charge is 2.23. The summed E-state index contributed by atoms with van der Waals surface area (Å²) in [6.07, 6.45) is 0.902. The van der Waals surface area contributed by atoms with Gasteiger partial charge in [0.25, 0.3) is 0 Å². The lowest BCUT2D eigenvalue weighted by molar-refractivity contribution is 0.131. The first-order valence-electron chi connectivity index (χ1n) is 5.63. The van der Waals surface area contributed by atoms with Crippen LogP contribution in [-0.2, 0) is 13.0 Å². The minimum Gasteiger partial charge on any atom is -0.496 e. The summed E-state index contributed by atoms with van der Waals surface area (Å²) in [6, 6.07) is 4.54. The number of likely N-dealkylation sites (N-methyl/N-ethyl adjacent to an activating group) is 1. The van der Waals surface area contributed by atoms with Gasteiger partial charge in [0, 0.05) is 12.6 Å². The van der Waals surface area contributed by atoms with Gasteiger partial charge in [0.05, 0.1) is 13.7 Å². The predicted octanol–water partition coefficient (Wildman–Crippen LogP) is 1.35. The Labute approximate surface area is 96.6 Å². The summed E-state index contributed by atoms with van der Waals surface area (Å²) in [6.45, 7) is 3.19. The van der Waals surface area contributed by atoms with Crippen LogP contribution in [0, 0.1) is 6.92 Å². The molecule has 0 fully saturated rings. The van der Waals surface area contributed by atoms with Crippen molar-refractivity contribution in [2.75, 3.05) is 20.8 Å². The molecule has 0 saturated heterocycles. The molecule has 1 aliphatic heterocycles. The summed E-state index contributed by atoms with van der Waals surface area (Å²) >= 11 is 0. The minimum absolute atomic E-state index is 0.214. The highest BCUT2D eigenvalue weighted by Crippen LogP contribution is 2.28. The van der Waals surface area contributed by atoms with E-state index in [0.717, 1.165) is 18.7 Å². The van der Waals surface area contributed by atoms with Gasteiger partial charge in [0.15, 0.2) is 0 Å². The molecule has 3 heteroatoms. The quantitative estimate of drug-likeness (QED) is 0.818. The van der Waals surface area contributed by atoms with Crippen LogP contribution in [0.15, 0.2) is 12.1 Å². The molecule has 88 valence electrons. The topological polar surface area (TPSA) is 32.7 Å². The maximum atomic E-state index is 9.30. The Morgan fingerprint density at radius 2 is 2.19 bits per heavy atom. The predicted molar refractivity (Wildman–Crippen MR) is 63.8 cm³/mol. The third-order valence-corrected chi connectivity index (χ3v) is 3.43. The summed E-state index contributed by atoms with van der Waals surface area (Å²) in [4.78, 5) is 2.20. The Balaban J connectivity index is 2.36. The number of hydrogen-bond acceptors (Lipinski definition) is 3. The van der Waals surface area contributed by atoms with Crippen molar-refractivity contribution in [3.8, 4) is 5.75 Å². The molecule has 3 nitrogen and oxygen atoms in total. The van der Waals surface area contributed by atoms with Crippen LogP contribution in [0.3, 0.4) is 0 Å². The van der Waals surface area contributed by atoms with E-state index >= 15 is 0 Å². The van der Waals surface area contributed by atoms with E-state index in [1.807, 2.05) is 0 Å². The Morgan fingerprint density at radius 3 is 2.81 bits per heavy atom. The van der Waals surface area contributed by atoms with E-state index < -0.39 is 0 Å². The van der Waals surface area contributed by atoms with Crippen molar-refractivity contribution in [3.05, 3.63) is 28.8 Å². The number of methoxy groups -OCH3 is 1. The van der Waals surface area contributed by atoms with Crippen LogP contribution < -0.4 is 4.74 Å². The summed E-state index contributed by atoms with van der Waals surface area (Å²) in [5.74, 6) is 0.944. The molecule has 0 aromatic heterocycles. The number of aliphatic hydroxyl groups excluding tert-OH is 1. The molecule has 0 radical (unpaired) electrons. The SMILES string of the molecule is COc1cc2c(cc1C)CN(C)C(CO)C2. The van der Waals surface area contributed by atoms with Crippen LogP contribution in [-0.4, -0.2) is 36.8 Å². The second kappa shape index (κ2) is 4.44. The molecule has 1 aliphatic rings. The van der Waals surface area contributed by atoms with E-state index in [2.05, 4.69) is 31.0 Å². The third kappa shape index (κ3) is 1.93. The van der Waals surface area contributed by atoms with Crippen molar-refractivity contribution in [1.29, 1.82) is 0 Å². The number of ether oxygens (including phenoxy) is 1. The number of hydrogen-bond donors (Lipinski definition) is 1. The zero-order valence-electron chi connectivity index (χ0n) is 10.2. The second-order valence-corrected chi connectivity index (χ2v) is 4.55. The standard InChI is InChI=1S/C13H19NO2/c1-9-4-11-7-14(2)12(8-15)5-10(11)6-13(9)16-3/h4,6,12,15H,5,7-8H2,1-3H3. The molecular formula is C13H19NO2. The summed E-state index contributed by atoms with van der Waals surface area (Å²) in [5.41, 5.74) is 3.84. The summed E-state index contributed by atoms with van der Waals surface area (Å²) < 4.78 is 5.33. The van der Waals surface area contributed by atoms with Gasteiger partial charge < -0.3 is 9.84 Å². The normalized spacial score (nSPS) is 20.6. The molecule has 2 rings (SSSR count). The number of aliphatic hydroxyl groups is 1. The molecule has 1 unspecified atom stereocenters. The second-order valence-electron chi connectivity index (χ2n) is 4.55. The molecule has 0 aliphatic carbocycles. The summed E-state index contributed by atoms with van der Waals surface area (Å²) in [7, 11) is 3.76. The largest absolute Gasteiger partial charge is 0.496 e. The number of fused-ring (bicyclic) bond motifs is 1. The van der Waals surface area contributed by atoms with Gasteiger partial charge in [-0.1, -0.05) is 6.07 Å². The minimum atomic E-state index is 0.214. The number of aryl methyl sites for hydroxylation is 1. The first-order chi connectivity index (χ1) is 7.65. The fourth-order valence-electron chi connectivity index (χ4n) is 2.36. The van der Waals surface area contributed by atoms with Crippen molar-refractivity contribution < 1.29 is 9.84 Å². The van der Waals surface area contributed by atoms with Crippen molar-refractivity contribution >= 4 is 0 Å². The number of benzene rings is 1. The monoisotopic (exact) mass is 221 g/mol. The fourth-order valence-corrected chi connectivity index (χ4v) is 2.36. The van der Waals surface area contributed by atoms with Gasteiger partial charge in [-0.05, 0) is 43.1 Å². The Morgan fingerprint density at radius 1 is 1.44 bits per heavy atom. The van der Waals surface area contributed by atoms with Crippen LogP contribution in [0.4, 0.5) is 0 Å². The van der Waals surface area contributed by atoms with Crippen molar-refractivity contribution in [1.82, 2.24) is 4.90 Å². The van der Waals surface area contributed by atoms with Gasteiger partial charge >= 0.3 is 0 Å². The molecule has 0 amide bonds. The molecule has 0 spiro atoms. The smallest absolute Gasteiger partial charge is 0.122 e. The average molecular weight is 221 g/mol. The Kier molecular flexibility index (Phi) is 3.17. The van der Waals surface area contributed by atoms with Crippen molar-refractivity contribution in [2.45, 2.75) is 25.9 Å². The number of rotatable bonds is 2. The molecular weight excluding hydrogens is 202 g/mol. The zero-order valence-corrected chi connectivity index (χ0v) is 10.2. The zero-order chi connectivity index (χ0) is 11.7. The highest BCUT2D eigenvalue weighted by molar-refractivity contribution is 5.43. The lowest BCUT2D eigenvalue weighted by atomic mass is 9.93. The first-order valence-corrected chi connectivity index (χ1v) is 5.63. The van der Waals surface area contributed by atoms with Gasteiger partial charge in [-0.3, -0.25) is 4.90 Å². The van der Waals surface area contributed by atoms with Crippen molar-refractivity contribution in [2.24, 2.45) is 0 Å². The van der Waals surface area contributed by atoms with E-state index in [1.165, 1.54) is 16.7 Å². The van der Waals surface area contributed by atoms with E-state index in [1.54, 1.807) is 7.11 Å². The highest BCUT2D eigenvalue weighted by atomic mass is 16.5. The number of nitrogens with zero attached hydrogens (tertiary/aromatic N) is 1. The van der Waals surface area contributed by atoms with E-state index in [0.29, 0.717) is 0 Å². The summed E-state index contributed by atoms with van der Waals surface area (Å²) in [5, 5.41) is 9.30. The average Bonchev–Trinajstić information content (AvgIpc) is 2.27. The van der Waals surface area contributed by atoms with Gasteiger partial charge in [-0.2, -0.15) is 0 Å². The van der Waals surface area contributed by atoms with Crippen LogP contribution >= 0.6 is 0 Å². The molecule has 1 atom stereocenters. The molecule has 1 N–H and O–H groups in total. The lowest BCUT2D eigenvalue weighted by Gasteiger charge is -2.33. The lowest BCUT2D eigenvalue weighted by Crippen LogP contribution is -2.39. The molecule has 1 aromatic rings. The molecule has 0 bridgehead atoms. The van der Waals surface area contributed by atoms with Gasteiger partial charge in [-0.25, -0.2) is 0 Å². The molecule has 16 heavy (non-hydrogen) atoms. The maximum absolute atomic E-state index is 9.30. The first kappa shape index (κ1) is 11.4. The van der Waals surface area contributed by atoms with Crippen LogP contribution in [0.1, 0.15) is 16.7 Å². The third-order valence-electron chi connectivity index (χ3n) is 3.43. The van der Waals surface area contributed by atoms with Gasteiger partial charge in [0.2, 0.25) is 0 Å². The van der Waals surface area contributed by atoms with Crippen molar-refractivity contribution in [3.63, 3.8) is 0 Å². The molecule has 1 heterocycles.